The van der Waals surface area contributed by atoms with Gasteiger partial charge in [0, 0.05) is 36.5 Å². The van der Waals surface area contributed by atoms with Crippen molar-refractivity contribution in [2.75, 3.05) is 18.4 Å². The number of likely N-dealkylation sites (tertiary alicyclic amines) is 1. The molecule has 4 rings (SSSR count). The summed E-state index contributed by atoms with van der Waals surface area (Å²) in [6, 6.07) is 9.46. The molecule has 1 aliphatic rings. The van der Waals surface area contributed by atoms with Crippen LogP contribution in [-0.4, -0.2) is 49.2 Å². The summed E-state index contributed by atoms with van der Waals surface area (Å²) in [5, 5.41) is 10.2. The smallest absolute Gasteiger partial charge is 0.321 e. The zero-order valence-electron chi connectivity index (χ0n) is 16.0. The Bertz CT molecular complexity index is 984. The number of anilines is 1. The van der Waals surface area contributed by atoms with Gasteiger partial charge in [-0.05, 0) is 44.9 Å². The molecule has 8 nitrogen and oxygen atoms in total. The van der Waals surface area contributed by atoms with E-state index in [1.165, 1.54) is 0 Å². The summed E-state index contributed by atoms with van der Waals surface area (Å²) < 4.78 is 0. The third-order valence-electron chi connectivity index (χ3n) is 4.87. The van der Waals surface area contributed by atoms with Crippen LogP contribution in [0.25, 0.3) is 11.3 Å². The molecule has 1 saturated heterocycles. The first kappa shape index (κ1) is 18.1. The number of aromatic nitrogens is 5. The zero-order valence-corrected chi connectivity index (χ0v) is 16.0. The highest BCUT2D eigenvalue weighted by Crippen LogP contribution is 2.26. The maximum atomic E-state index is 12.8. The summed E-state index contributed by atoms with van der Waals surface area (Å²) in [7, 11) is 0. The molecule has 2 amide bonds. The quantitative estimate of drug-likeness (QED) is 0.729. The van der Waals surface area contributed by atoms with Gasteiger partial charge in [0.05, 0.1) is 5.69 Å². The molecule has 8 heteroatoms. The van der Waals surface area contributed by atoms with E-state index in [0.717, 1.165) is 48.0 Å². The van der Waals surface area contributed by atoms with Crippen LogP contribution in [0, 0.1) is 13.8 Å². The average molecular weight is 377 g/mol. The highest BCUT2D eigenvalue weighted by atomic mass is 16.2. The number of urea groups is 1. The first-order valence-corrected chi connectivity index (χ1v) is 9.43. The van der Waals surface area contributed by atoms with E-state index in [1.54, 1.807) is 6.20 Å². The topological polar surface area (TPSA) is 99.7 Å². The second-order valence-corrected chi connectivity index (χ2v) is 7.06. The van der Waals surface area contributed by atoms with Gasteiger partial charge in [-0.25, -0.2) is 19.7 Å². The lowest BCUT2D eigenvalue weighted by Gasteiger charge is -2.31. The lowest BCUT2D eigenvalue weighted by molar-refractivity contribution is 0.191. The minimum absolute atomic E-state index is 0.104. The Morgan fingerprint density at radius 1 is 1.25 bits per heavy atom. The van der Waals surface area contributed by atoms with Crippen LogP contribution in [0.1, 0.15) is 36.2 Å². The van der Waals surface area contributed by atoms with E-state index in [2.05, 4.69) is 30.5 Å². The van der Waals surface area contributed by atoms with Gasteiger partial charge >= 0.3 is 6.03 Å². The number of carbonyl (C=O) groups excluding carboxylic acids is 1. The number of benzene rings is 1. The van der Waals surface area contributed by atoms with Gasteiger partial charge in [-0.1, -0.05) is 12.1 Å². The van der Waals surface area contributed by atoms with Crippen LogP contribution in [0.4, 0.5) is 10.5 Å². The van der Waals surface area contributed by atoms with Crippen LogP contribution in [0.3, 0.4) is 0 Å². The Hall–Kier alpha value is -3.29. The molecule has 1 atom stereocenters. The molecule has 28 heavy (non-hydrogen) atoms. The SMILES string of the molecule is Cc1nccc(-c2cccc(NC(=O)N3CCC[C@@H](c4n[nH]c(C)n4)C3)c2)n1. The van der Waals surface area contributed by atoms with Gasteiger partial charge in [0.2, 0.25) is 0 Å². The van der Waals surface area contributed by atoms with E-state index >= 15 is 0 Å². The largest absolute Gasteiger partial charge is 0.324 e. The van der Waals surface area contributed by atoms with Crippen molar-refractivity contribution < 1.29 is 4.79 Å². The molecule has 1 fully saturated rings. The Morgan fingerprint density at radius 3 is 2.93 bits per heavy atom. The van der Waals surface area contributed by atoms with E-state index in [0.29, 0.717) is 12.4 Å². The van der Waals surface area contributed by atoms with Crippen molar-refractivity contribution in [2.45, 2.75) is 32.6 Å². The molecular formula is C20H23N7O. The number of nitrogens with zero attached hydrogens (tertiary/aromatic N) is 5. The van der Waals surface area contributed by atoms with Crippen LogP contribution in [0.2, 0.25) is 0 Å². The van der Waals surface area contributed by atoms with Gasteiger partial charge in [-0.3, -0.25) is 5.10 Å². The van der Waals surface area contributed by atoms with Crippen molar-refractivity contribution in [1.82, 2.24) is 30.0 Å². The zero-order chi connectivity index (χ0) is 19.5. The summed E-state index contributed by atoms with van der Waals surface area (Å²) in [5.74, 6) is 2.47. The van der Waals surface area contributed by atoms with Gasteiger partial charge < -0.3 is 10.2 Å². The molecule has 0 aliphatic carbocycles. The van der Waals surface area contributed by atoms with Crippen LogP contribution >= 0.6 is 0 Å². The summed E-state index contributed by atoms with van der Waals surface area (Å²) >= 11 is 0. The highest BCUT2D eigenvalue weighted by molar-refractivity contribution is 5.90. The standard InChI is InChI=1S/C20H23N7O/c1-13-21-9-8-18(22-13)15-5-3-7-17(11-15)24-20(28)27-10-4-6-16(12-27)19-23-14(2)25-26-19/h3,5,7-9,11,16H,4,6,10,12H2,1-2H3,(H,24,28)(H,23,25,26)/t16-/m1/s1. The predicted octanol–water partition coefficient (Wildman–Crippen LogP) is 3.29. The Labute approximate surface area is 163 Å². The molecular weight excluding hydrogens is 354 g/mol. The Kier molecular flexibility index (Phi) is 5.01. The number of hydrogen-bond acceptors (Lipinski definition) is 5. The third-order valence-corrected chi connectivity index (χ3v) is 4.87. The maximum absolute atomic E-state index is 12.8. The normalized spacial score (nSPS) is 16.8. The Balaban J connectivity index is 1.45. The van der Waals surface area contributed by atoms with Crippen molar-refractivity contribution in [1.29, 1.82) is 0 Å². The van der Waals surface area contributed by atoms with Crippen molar-refractivity contribution in [3.05, 3.63) is 54.0 Å². The van der Waals surface area contributed by atoms with E-state index in [-0.39, 0.29) is 11.9 Å². The highest BCUT2D eigenvalue weighted by Gasteiger charge is 2.27. The van der Waals surface area contributed by atoms with Gasteiger partial charge in [0.1, 0.15) is 11.6 Å². The van der Waals surface area contributed by atoms with E-state index in [1.807, 2.05) is 49.1 Å². The van der Waals surface area contributed by atoms with E-state index in [9.17, 15) is 4.79 Å². The number of hydrogen-bond donors (Lipinski definition) is 2. The van der Waals surface area contributed by atoms with Gasteiger partial charge in [0.15, 0.2) is 5.82 Å². The molecule has 144 valence electrons. The maximum Gasteiger partial charge on any atom is 0.321 e. The van der Waals surface area contributed by atoms with Crippen LogP contribution in [-0.2, 0) is 0 Å². The molecule has 3 heterocycles. The van der Waals surface area contributed by atoms with Crippen LogP contribution in [0.5, 0.6) is 0 Å². The van der Waals surface area contributed by atoms with Crippen molar-refractivity contribution in [3.8, 4) is 11.3 Å². The molecule has 3 aromatic rings. The number of amides is 2. The molecule has 1 aliphatic heterocycles. The van der Waals surface area contributed by atoms with Gasteiger partial charge in [-0.2, -0.15) is 5.10 Å². The fraction of sp³-hybridized carbons (Fsp3) is 0.350. The van der Waals surface area contributed by atoms with Crippen molar-refractivity contribution in [3.63, 3.8) is 0 Å². The fourth-order valence-electron chi connectivity index (χ4n) is 3.49. The first-order chi connectivity index (χ1) is 13.6. The number of aromatic amines is 1. The number of carbonyl (C=O) groups is 1. The fourth-order valence-corrected chi connectivity index (χ4v) is 3.49. The predicted molar refractivity (Wildman–Crippen MR) is 106 cm³/mol. The minimum atomic E-state index is -0.104. The lowest BCUT2D eigenvalue weighted by Crippen LogP contribution is -2.41. The number of H-pyrrole nitrogens is 1. The molecule has 1 aromatic carbocycles. The summed E-state index contributed by atoms with van der Waals surface area (Å²) in [6.45, 7) is 5.10. The van der Waals surface area contributed by atoms with Gasteiger partial charge in [-0.15, -0.1) is 0 Å². The number of piperidine rings is 1. The molecule has 0 saturated carbocycles. The first-order valence-electron chi connectivity index (χ1n) is 9.43. The average Bonchev–Trinajstić information content (AvgIpc) is 3.15. The Morgan fingerprint density at radius 2 is 2.14 bits per heavy atom. The summed E-state index contributed by atoms with van der Waals surface area (Å²) in [6.07, 6.45) is 3.66. The second kappa shape index (κ2) is 7.75. The lowest BCUT2D eigenvalue weighted by atomic mass is 9.97. The molecule has 2 N–H and O–H groups in total. The summed E-state index contributed by atoms with van der Waals surface area (Å²) in [5.41, 5.74) is 2.52. The van der Waals surface area contributed by atoms with Crippen molar-refractivity contribution in [2.24, 2.45) is 0 Å². The van der Waals surface area contributed by atoms with E-state index < -0.39 is 0 Å². The number of rotatable bonds is 3. The molecule has 0 spiro atoms. The van der Waals surface area contributed by atoms with E-state index in [4.69, 9.17) is 0 Å². The molecule has 0 bridgehead atoms. The number of aryl methyl sites for hydroxylation is 2. The van der Waals surface area contributed by atoms with Crippen molar-refractivity contribution >= 4 is 11.7 Å². The number of nitrogens with one attached hydrogen (secondary N) is 2. The summed E-state index contributed by atoms with van der Waals surface area (Å²) in [4.78, 5) is 27.6. The second-order valence-electron chi connectivity index (χ2n) is 7.06. The molecule has 0 unspecified atom stereocenters. The van der Waals surface area contributed by atoms with Crippen LogP contribution < -0.4 is 5.32 Å². The van der Waals surface area contributed by atoms with Gasteiger partial charge in [0.25, 0.3) is 0 Å². The van der Waals surface area contributed by atoms with Crippen LogP contribution in [0.15, 0.2) is 36.5 Å². The minimum Gasteiger partial charge on any atom is -0.324 e. The monoisotopic (exact) mass is 377 g/mol. The molecule has 2 aromatic heterocycles. The molecule has 0 radical (unpaired) electrons. The third kappa shape index (κ3) is 4.00.